The number of hydrogen-bond acceptors (Lipinski definition) is 5. The van der Waals surface area contributed by atoms with Crippen molar-refractivity contribution in [2.75, 3.05) is 24.5 Å². The lowest BCUT2D eigenvalue weighted by atomic mass is 10.2. The van der Waals surface area contributed by atoms with Crippen molar-refractivity contribution in [3.63, 3.8) is 0 Å². The second-order valence-corrected chi connectivity index (χ2v) is 3.15. The van der Waals surface area contributed by atoms with E-state index in [0.29, 0.717) is 24.5 Å². The van der Waals surface area contributed by atoms with E-state index in [0.717, 1.165) is 0 Å². The summed E-state index contributed by atoms with van der Waals surface area (Å²) >= 11 is 0. The second kappa shape index (κ2) is 3.92. The fourth-order valence-electron chi connectivity index (χ4n) is 1.46. The van der Waals surface area contributed by atoms with Crippen molar-refractivity contribution < 1.29 is 4.79 Å². The molecule has 0 bridgehead atoms. The van der Waals surface area contributed by atoms with Gasteiger partial charge in [0.05, 0.1) is 18.3 Å². The zero-order chi connectivity index (χ0) is 10.7. The smallest absolute Gasteiger partial charge is 0.239 e. The average Bonchev–Trinajstić information content (AvgIpc) is 2.29. The normalized spacial score (nSPS) is 15.7. The molecule has 6 heteroatoms. The van der Waals surface area contributed by atoms with Crippen molar-refractivity contribution in [1.29, 1.82) is 5.26 Å². The molecule has 1 aromatic rings. The zero-order valence-corrected chi connectivity index (χ0v) is 7.97. The molecule has 1 fully saturated rings. The molecule has 1 saturated heterocycles. The molecule has 0 atom stereocenters. The summed E-state index contributed by atoms with van der Waals surface area (Å²) < 4.78 is 0. The van der Waals surface area contributed by atoms with E-state index >= 15 is 0 Å². The van der Waals surface area contributed by atoms with Gasteiger partial charge in [-0.2, -0.15) is 10.4 Å². The highest BCUT2D eigenvalue weighted by molar-refractivity contribution is 5.82. The summed E-state index contributed by atoms with van der Waals surface area (Å²) in [6.45, 7) is 1.45. The number of rotatable bonds is 1. The number of piperazine rings is 1. The summed E-state index contributed by atoms with van der Waals surface area (Å²) in [5.74, 6) is 0.422. The quantitative estimate of drug-likeness (QED) is 0.651. The average molecular weight is 203 g/mol. The Morgan fingerprint density at radius 2 is 2.47 bits per heavy atom. The van der Waals surface area contributed by atoms with Gasteiger partial charge >= 0.3 is 0 Å². The van der Waals surface area contributed by atoms with Crippen molar-refractivity contribution in [1.82, 2.24) is 15.5 Å². The van der Waals surface area contributed by atoms with Crippen molar-refractivity contribution in [3.8, 4) is 6.07 Å². The van der Waals surface area contributed by atoms with Crippen LogP contribution in [0.3, 0.4) is 0 Å². The molecule has 1 amide bonds. The largest absolute Gasteiger partial charge is 0.353 e. The van der Waals surface area contributed by atoms with Crippen molar-refractivity contribution >= 4 is 11.7 Å². The number of anilines is 1. The topological polar surface area (TPSA) is 81.9 Å². The molecule has 0 radical (unpaired) electrons. The third-order valence-corrected chi connectivity index (χ3v) is 2.16. The Labute approximate surface area is 86.5 Å². The van der Waals surface area contributed by atoms with Gasteiger partial charge in [-0.15, -0.1) is 5.10 Å². The van der Waals surface area contributed by atoms with Crippen LogP contribution < -0.4 is 10.2 Å². The van der Waals surface area contributed by atoms with E-state index < -0.39 is 0 Å². The first-order chi connectivity index (χ1) is 7.31. The van der Waals surface area contributed by atoms with E-state index in [-0.39, 0.29) is 12.5 Å². The standard InChI is InChI=1S/C9H9N5O/c10-5-7-1-2-12-13-9(7)14-4-3-11-8(15)6-14/h1-2H,3-4,6H2,(H,11,15). The molecule has 0 spiro atoms. The van der Waals surface area contributed by atoms with E-state index in [9.17, 15) is 4.79 Å². The van der Waals surface area contributed by atoms with Crippen LogP contribution in [0.2, 0.25) is 0 Å². The molecule has 76 valence electrons. The number of carbonyl (C=O) groups is 1. The Morgan fingerprint density at radius 1 is 1.60 bits per heavy atom. The van der Waals surface area contributed by atoms with E-state index in [4.69, 9.17) is 5.26 Å². The van der Waals surface area contributed by atoms with Gasteiger partial charge < -0.3 is 10.2 Å². The highest BCUT2D eigenvalue weighted by Gasteiger charge is 2.20. The predicted octanol–water partition coefficient (Wildman–Crippen LogP) is -0.716. The van der Waals surface area contributed by atoms with Crippen LogP contribution in [0.4, 0.5) is 5.82 Å². The fourth-order valence-corrected chi connectivity index (χ4v) is 1.46. The van der Waals surface area contributed by atoms with Crippen LogP contribution in [0.15, 0.2) is 12.3 Å². The Hall–Kier alpha value is -2.16. The van der Waals surface area contributed by atoms with Crippen LogP contribution in [-0.2, 0) is 4.79 Å². The van der Waals surface area contributed by atoms with E-state index in [1.54, 1.807) is 11.0 Å². The molecule has 1 aromatic heterocycles. The maximum atomic E-state index is 11.2. The van der Waals surface area contributed by atoms with Gasteiger partial charge in [0.1, 0.15) is 6.07 Å². The van der Waals surface area contributed by atoms with Gasteiger partial charge in [-0.05, 0) is 6.07 Å². The lowest BCUT2D eigenvalue weighted by molar-refractivity contribution is -0.120. The maximum Gasteiger partial charge on any atom is 0.239 e. The number of nitrogens with zero attached hydrogens (tertiary/aromatic N) is 4. The van der Waals surface area contributed by atoms with E-state index in [2.05, 4.69) is 15.5 Å². The van der Waals surface area contributed by atoms with Gasteiger partial charge in [0, 0.05) is 13.1 Å². The lowest BCUT2D eigenvalue weighted by Gasteiger charge is -2.27. The third-order valence-electron chi connectivity index (χ3n) is 2.16. The van der Waals surface area contributed by atoms with E-state index in [1.807, 2.05) is 6.07 Å². The Balaban J connectivity index is 2.29. The summed E-state index contributed by atoms with van der Waals surface area (Å²) in [5.41, 5.74) is 0.444. The minimum absolute atomic E-state index is 0.0595. The molecule has 0 unspecified atom stereocenters. The van der Waals surface area contributed by atoms with Gasteiger partial charge in [0.2, 0.25) is 5.91 Å². The van der Waals surface area contributed by atoms with Gasteiger partial charge in [-0.3, -0.25) is 4.79 Å². The molecule has 15 heavy (non-hydrogen) atoms. The molecule has 1 aliphatic rings. The molecule has 0 aliphatic carbocycles. The predicted molar refractivity (Wildman–Crippen MR) is 52.0 cm³/mol. The molecule has 1 N–H and O–H groups in total. The van der Waals surface area contributed by atoms with Crippen LogP contribution in [0.25, 0.3) is 0 Å². The molecular weight excluding hydrogens is 194 g/mol. The molecule has 6 nitrogen and oxygen atoms in total. The van der Waals surface area contributed by atoms with Crippen molar-refractivity contribution in [3.05, 3.63) is 17.8 Å². The first kappa shape index (κ1) is 9.40. The van der Waals surface area contributed by atoms with Gasteiger partial charge in [0.25, 0.3) is 0 Å². The third kappa shape index (κ3) is 1.86. The van der Waals surface area contributed by atoms with E-state index in [1.165, 1.54) is 6.20 Å². The summed E-state index contributed by atoms with van der Waals surface area (Å²) in [6.07, 6.45) is 1.46. The lowest BCUT2D eigenvalue weighted by Crippen LogP contribution is -2.48. The first-order valence-corrected chi connectivity index (χ1v) is 4.54. The number of nitrogens with one attached hydrogen (secondary N) is 1. The SMILES string of the molecule is N#Cc1ccnnc1N1CCNC(=O)C1. The van der Waals surface area contributed by atoms with Gasteiger partial charge in [-0.25, -0.2) is 0 Å². The maximum absolute atomic E-state index is 11.2. The monoisotopic (exact) mass is 203 g/mol. The van der Waals surface area contributed by atoms with Crippen LogP contribution in [0.1, 0.15) is 5.56 Å². The Bertz CT molecular complexity index is 425. The molecular formula is C9H9N5O. The Kier molecular flexibility index (Phi) is 2.46. The van der Waals surface area contributed by atoms with Crippen molar-refractivity contribution in [2.45, 2.75) is 0 Å². The minimum Gasteiger partial charge on any atom is -0.353 e. The highest BCUT2D eigenvalue weighted by atomic mass is 16.2. The summed E-state index contributed by atoms with van der Waals surface area (Å²) in [7, 11) is 0. The van der Waals surface area contributed by atoms with Crippen LogP contribution in [0.5, 0.6) is 0 Å². The molecule has 0 saturated carbocycles. The minimum atomic E-state index is -0.0595. The Morgan fingerprint density at radius 3 is 3.20 bits per heavy atom. The van der Waals surface area contributed by atoms with Gasteiger partial charge in [-0.1, -0.05) is 0 Å². The first-order valence-electron chi connectivity index (χ1n) is 4.54. The molecule has 1 aliphatic heterocycles. The highest BCUT2D eigenvalue weighted by Crippen LogP contribution is 2.15. The number of nitriles is 1. The molecule has 2 heterocycles. The van der Waals surface area contributed by atoms with Crippen LogP contribution in [0, 0.1) is 11.3 Å². The van der Waals surface area contributed by atoms with Crippen LogP contribution in [-0.4, -0.2) is 35.7 Å². The van der Waals surface area contributed by atoms with Gasteiger partial charge in [0.15, 0.2) is 5.82 Å². The number of carbonyl (C=O) groups excluding carboxylic acids is 1. The number of hydrogen-bond donors (Lipinski definition) is 1. The number of amides is 1. The fraction of sp³-hybridized carbons (Fsp3) is 0.333. The zero-order valence-electron chi connectivity index (χ0n) is 7.97. The number of aromatic nitrogens is 2. The molecule has 0 aromatic carbocycles. The summed E-state index contributed by atoms with van der Waals surface area (Å²) in [4.78, 5) is 12.9. The van der Waals surface area contributed by atoms with Crippen LogP contribution >= 0.6 is 0 Å². The summed E-state index contributed by atoms with van der Waals surface area (Å²) in [5, 5.41) is 19.2. The van der Waals surface area contributed by atoms with Crippen molar-refractivity contribution in [2.24, 2.45) is 0 Å². The summed E-state index contributed by atoms with van der Waals surface area (Å²) in [6, 6.07) is 3.62. The second-order valence-electron chi connectivity index (χ2n) is 3.15. The molecule has 2 rings (SSSR count).